The largest absolute Gasteiger partial charge is 0.465 e. The van der Waals surface area contributed by atoms with Crippen LogP contribution in [0, 0.1) is 11.3 Å². The fourth-order valence-corrected chi connectivity index (χ4v) is 3.26. The summed E-state index contributed by atoms with van der Waals surface area (Å²) < 4.78 is 4.90. The minimum atomic E-state index is -0.234. The Bertz CT molecular complexity index is 194. The molecule has 0 unspecified atom stereocenters. The second kappa shape index (κ2) is 2.38. The molecule has 62 valence electrons. The predicted octanol–water partition coefficient (Wildman–Crippen LogP) is -0.115. The van der Waals surface area contributed by atoms with Crippen molar-refractivity contribution in [3.63, 3.8) is 0 Å². The van der Waals surface area contributed by atoms with Crippen LogP contribution in [0.1, 0.15) is 0 Å². The Balaban J connectivity index is 2.25. The molecule has 0 aromatic carbocycles. The molecule has 0 bridgehead atoms. The Morgan fingerprint density at radius 1 is 1.82 bits per heavy atom. The van der Waals surface area contributed by atoms with Gasteiger partial charge in [-0.2, -0.15) is 11.8 Å². The smallest absolute Gasteiger partial charge is 0.310 e. The van der Waals surface area contributed by atoms with E-state index in [0.717, 1.165) is 11.5 Å². The number of rotatable bonds is 1. The van der Waals surface area contributed by atoms with E-state index in [1.165, 1.54) is 0 Å². The topological polar surface area (TPSA) is 46.5 Å². The van der Waals surface area contributed by atoms with Gasteiger partial charge in [-0.05, 0) is 0 Å². The summed E-state index contributed by atoms with van der Waals surface area (Å²) >= 11 is 1.73. The first kappa shape index (κ1) is 7.43. The molecular weight excluding hydrogens is 164 g/mol. The molecule has 2 heterocycles. The van der Waals surface area contributed by atoms with Crippen LogP contribution in [0.4, 0.5) is 0 Å². The van der Waals surface area contributed by atoms with Crippen molar-refractivity contribution in [1.29, 1.82) is 0 Å². The van der Waals surface area contributed by atoms with Gasteiger partial charge in [-0.3, -0.25) is 4.79 Å². The molecule has 1 N–H and O–H groups in total. The quantitative estimate of drug-likeness (QED) is 0.563. The average molecular weight is 174 g/mol. The summed E-state index contributed by atoms with van der Waals surface area (Å²) in [5, 5.41) is 9.10. The van der Waals surface area contributed by atoms with E-state index < -0.39 is 0 Å². The number of thioether (sulfide) groups is 1. The third kappa shape index (κ3) is 0.891. The molecule has 0 aliphatic carbocycles. The molecule has 3 nitrogen and oxygen atoms in total. The average Bonchev–Trinajstić information content (AvgIpc) is 2.53. The van der Waals surface area contributed by atoms with Crippen molar-refractivity contribution in [2.45, 2.75) is 0 Å². The van der Waals surface area contributed by atoms with Gasteiger partial charge >= 0.3 is 5.97 Å². The van der Waals surface area contributed by atoms with Crippen LogP contribution in [0.3, 0.4) is 0 Å². The third-order valence-electron chi connectivity index (χ3n) is 2.51. The second-order valence-electron chi connectivity index (χ2n) is 3.20. The van der Waals surface area contributed by atoms with E-state index >= 15 is 0 Å². The Kier molecular flexibility index (Phi) is 1.61. The number of fused-ring (bicyclic) bond motifs is 1. The van der Waals surface area contributed by atoms with Crippen molar-refractivity contribution >= 4 is 17.7 Å². The molecule has 2 aliphatic heterocycles. The van der Waals surface area contributed by atoms with E-state index in [2.05, 4.69) is 0 Å². The van der Waals surface area contributed by atoms with Crippen molar-refractivity contribution < 1.29 is 14.6 Å². The highest BCUT2D eigenvalue weighted by Crippen LogP contribution is 2.45. The summed E-state index contributed by atoms with van der Waals surface area (Å²) in [4.78, 5) is 11.1. The minimum Gasteiger partial charge on any atom is -0.465 e. The summed E-state index contributed by atoms with van der Waals surface area (Å²) in [6.07, 6.45) is 0. The van der Waals surface area contributed by atoms with E-state index in [-0.39, 0.29) is 23.9 Å². The van der Waals surface area contributed by atoms with Crippen LogP contribution in [0.15, 0.2) is 0 Å². The Morgan fingerprint density at radius 2 is 2.64 bits per heavy atom. The van der Waals surface area contributed by atoms with E-state index in [9.17, 15) is 4.79 Å². The van der Waals surface area contributed by atoms with Gasteiger partial charge in [0.15, 0.2) is 0 Å². The molecule has 2 saturated heterocycles. The number of aliphatic hydroxyl groups is 1. The van der Waals surface area contributed by atoms with Gasteiger partial charge in [0.25, 0.3) is 0 Å². The van der Waals surface area contributed by atoms with Crippen LogP contribution >= 0.6 is 11.8 Å². The normalized spacial score (nSPS) is 42.3. The maximum Gasteiger partial charge on any atom is 0.310 e. The van der Waals surface area contributed by atoms with Gasteiger partial charge in [0.2, 0.25) is 0 Å². The molecule has 0 saturated carbocycles. The zero-order valence-electron chi connectivity index (χ0n) is 6.08. The van der Waals surface area contributed by atoms with E-state index in [0.29, 0.717) is 6.61 Å². The van der Waals surface area contributed by atoms with Crippen molar-refractivity contribution in [2.24, 2.45) is 11.3 Å². The summed E-state index contributed by atoms with van der Waals surface area (Å²) in [6, 6.07) is 0. The lowest BCUT2D eigenvalue weighted by atomic mass is 9.82. The predicted molar refractivity (Wildman–Crippen MR) is 41.3 cm³/mol. The lowest BCUT2D eigenvalue weighted by Gasteiger charge is -2.20. The molecule has 11 heavy (non-hydrogen) atoms. The number of aliphatic hydroxyl groups excluding tert-OH is 1. The maximum atomic E-state index is 11.1. The SMILES string of the molecule is O=C1OC[C@]2(CO)CSC[C@H]12. The summed E-state index contributed by atoms with van der Waals surface area (Å²) in [5.41, 5.74) is -0.234. The fraction of sp³-hybridized carbons (Fsp3) is 0.857. The molecule has 2 rings (SSSR count). The van der Waals surface area contributed by atoms with Gasteiger partial charge in [0.05, 0.1) is 17.9 Å². The Labute approximate surface area is 69.1 Å². The summed E-state index contributed by atoms with van der Waals surface area (Å²) in [6.45, 7) is 0.496. The monoisotopic (exact) mass is 174 g/mol. The van der Waals surface area contributed by atoms with Crippen LogP contribution in [0.2, 0.25) is 0 Å². The molecule has 2 fully saturated rings. The van der Waals surface area contributed by atoms with Gasteiger partial charge < -0.3 is 9.84 Å². The molecule has 2 atom stereocenters. The third-order valence-corrected chi connectivity index (χ3v) is 3.86. The summed E-state index contributed by atoms with van der Waals surface area (Å²) in [7, 11) is 0. The highest BCUT2D eigenvalue weighted by atomic mass is 32.2. The number of hydrogen-bond acceptors (Lipinski definition) is 4. The molecule has 0 aromatic heterocycles. The maximum absolute atomic E-state index is 11.1. The molecule has 0 aromatic rings. The van der Waals surface area contributed by atoms with Crippen molar-refractivity contribution in [2.75, 3.05) is 24.7 Å². The van der Waals surface area contributed by atoms with Gasteiger partial charge in [-0.15, -0.1) is 0 Å². The lowest BCUT2D eigenvalue weighted by Crippen LogP contribution is -2.33. The molecule has 2 aliphatic rings. The first-order chi connectivity index (χ1) is 5.28. The molecular formula is C7H10O3S. The zero-order chi connectivity index (χ0) is 7.90. The second-order valence-corrected chi connectivity index (χ2v) is 4.23. The zero-order valence-corrected chi connectivity index (χ0v) is 6.89. The van der Waals surface area contributed by atoms with Crippen molar-refractivity contribution in [1.82, 2.24) is 0 Å². The number of ether oxygens (including phenoxy) is 1. The van der Waals surface area contributed by atoms with Crippen LogP contribution < -0.4 is 0 Å². The van der Waals surface area contributed by atoms with E-state index in [1.54, 1.807) is 11.8 Å². The standard InChI is InChI=1S/C7H10O3S/c8-2-7-3-10-6(9)5(7)1-11-4-7/h5,8H,1-4H2/t5-,7-/m1/s1. The highest BCUT2D eigenvalue weighted by molar-refractivity contribution is 7.99. The van der Waals surface area contributed by atoms with Crippen molar-refractivity contribution in [3.8, 4) is 0 Å². The highest BCUT2D eigenvalue weighted by Gasteiger charge is 2.53. The van der Waals surface area contributed by atoms with Gasteiger partial charge in [-0.1, -0.05) is 0 Å². The van der Waals surface area contributed by atoms with Crippen LogP contribution in [0.25, 0.3) is 0 Å². The first-order valence-corrected chi connectivity index (χ1v) is 4.79. The Morgan fingerprint density at radius 3 is 3.27 bits per heavy atom. The molecule has 0 amide bonds. The molecule has 0 spiro atoms. The van der Waals surface area contributed by atoms with Gasteiger partial charge in [0.1, 0.15) is 6.61 Å². The van der Waals surface area contributed by atoms with Crippen LogP contribution in [-0.2, 0) is 9.53 Å². The van der Waals surface area contributed by atoms with Gasteiger partial charge in [0, 0.05) is 11.5 Å². The number of hydrogen-bond donors (Lipinski definition) is 1. The van der Waals surface area contributed by atoms with E-state index in [1.807, 2.05) is 0 Å². The number of esters is 1. The summed E-state index contributed by atoms with van der Waals surface area (Å²) in [5.74, 6) is 1.51. The van der Waals surface area contributed by atoms with Crippen LogP contribution in [-0.4, -0.2) is 35.8 Å². The van der Waals surface area contributed by atoms with Crippen LogP contribution in [0.5, 0.6) is 0 Å². The first-order valence-electron chi connectivity index (χ1n) is 3.64. The molecule has 4 heteroatoms. The molecule has 0 radical (unpaired) electrons. The minimum absolute atomic E-state index is 0.0440. The van der Waals surface area contributed by atoms with E-state index in [4.69, 9.17) is 9.84 Å². The Hall–Kier alpha value is -0.220. The number of carbonyl (C=O) groups is 1. The number of carbonyl (C=O) groups excluding carboxylic acids is 1. The van der Waals surface area contributed by atoms with Crippen molar-refractivity contribution in [3.05, 3.63) is 0 Å². The fourth-order valence-electron chi connectivity index (χ4n) is 1.63. The lowest BCUT2D eigenvalue weighted by molar-refractivity contribution is -0.140. The van der Waals surface area contributed by atoms with Gasteiger partial charge in [-0.25, -0.2) is 0 Å². The number of cyclic esters (lactones) is 1.